The van der Waals surface area contributed by atoms with Crippen LogP contribution in [0.25, 0.3) is 5.69 Å². The van der Waals surface area contributed by atoms with E-state index in [9.17, 15) is 4.79 Å². The van der Waals surface area contributed by atoms with Gasteiger partial charge in [0, 0.05) is 37.2 Å². The van der Waals surface area contributed by atoms with E-state index in [1.54, 1.807) is 9.36 Å². The standard InChI is InChI=1S/C14H15N7OS/c1-10(22)16-12-4-3-5-13(6-12)21-14(17-18-19-21)23-9-11-7-15-20(2)8-11/h3-8H,9H2,1-2H3,(H,16,22). The van der Waals surface area contributed by atoms with Crippen LogP contribution >= 0.6 is 11.8 Å². The molecule has 0 unspecified atom stereocenters. The Hall–Kier alpha value is -2.68. The molecule has 23 heavy (non-hydrogen) atoms. The Morgan fingerprint density at radius 2 is 2.26 bits per heavy atom. The highest BCUT2D eigenvalue weighted by Gasteiger charge is 2.10. The van der Waals surface area contributed by atoms with Crippen LogP contribution in [0.1, 0.15) is 12.5 Å². The van der Waals surface area contributed by atoms with Crippen LogP contribution < -0.4 is 5.32 Å². The molecule has 118 valence electrons. The van der Waals surface area contributed by atoms with Gasteiger partial charge in [0.05, 0.1) is 11.9 Å². The van der Waals surface area contributed by atoms with Crippen LogP contribution in [0.3, 0.4) is 0 Å². The lowest BCUT2D eigenvalue weighted by atomic mass is 10.3. The summed E-state index contributed by atoms with van der Waals surface area (Å²) in [5.74, 6) is 0.601. The number of aryl methyl sites for hydroxylation is 1. The molecule has 0 fully saturated rings. The first kappa shape index (κ1) is 15.2. The molecule has 3 rings (SSSR count). The van der Waals surface area contributed by atoms with Crippen molar-refractivity contribution in [2.45, 2.75) is 17.8 Å². The quantitative estimate of drug-likeness (QED) is 0.716. The van der Waals surface area contributed by atoms with Crippen molar-refractivity contribution in [2.75, 3.05) is 5.32 Å². The third-order valence-electron chi connectivity index (χ3n) is 2.98. The van der Waals surface area contributed by atoms with Crippen molar-refractivity contribution >= 4 is 23.4 Å². The van der Waals surface area contributed by atoms with Crippen LogP contribution in [0, 0.1) is 0 Å². The fourth-order valence-corrected chi connectivity index (χ4v) is 2.85. The molecule has 1 amide bonds. The molecule has 0 aliphatic rings. The summed E-state index contributed by atoms with van der Waals surface area (Å²) in [4.78, 5) is 11.2. The first-order valence-electron chi connectivity index (χ1n) is 6.88. The smallest absolute Gasteiger partial charge is 0.221 e. The molecule has 9 heteroatoms. The average molecular weight is 329 g/mol. The Labute approximate surface area is 136 Å². The van der Waals surface area contributed by atoms with E-state index in [4.69, 9.17) is 0 Å². The van der Waals surface area contributed by atoms with Gasteiger partial charge in [-0.05, 0) is 28.6 Å². The number of hydrogen-bond acceptors (Lipinski definition) is 6. The van der Waals surface area contributed by atoms with Gasteiger partial charge in [0.1, 0.15) is 0 Å². The van der Waals surface area contributed by atoms with E-state index in [1.165, 1.54) is 18.7 Å². The number of carbonyl (C=O) groups excluding carboxylic acids is 1. The average Bonchev–Trinajstić information content (AvgIpc) is 3.13. The number of carbonyl (C=O) groups is 1. The minimum atomic E-state index is -0.120. The second-order valence-electron chi connectivity index (χ2n) is 4.92. The second-order valence-corrected chi connectivity index (χ2v) is 5.86. The normalized spacial score (nSPS) is 10.7. The van der Waals surface area contributed by atoms with E-state index >= 15 is 0 Å². The number of tetrazole rings is 1. The zero-order chi connectivity index (χ0) is 16.2. The van der Waals surface area contributed by atoms with Crippen LogP contribution in [0.5, 0.6) is 0 Å². The summed E-state index contributed by atoms with van der Waals surface area (Å²) in [6.07, 6.45) is 3.77. The van der Waals surface area contributed by atoms with E-state index in [0.717, 1.165) is 17.0 Å². The molecule has 1 N–H and O–H groups in total. The summed E-state index contributed by atoms with van der Waals surface area (Å²) >= 11 is 1.52. The molecule has 0 bridgehead atoms. The minimum Gasteiger partial charge on any atom is -0.326 e. The highest BCUT2D eigenvalue weighted by molar-refractivity contribution is 7.98. The van der Waals surface area contributed by atoms with E-state index in [1.807, 2.05) is 43.7 Å². The molecule has 3 aromatic rings. The molecule has 2 heterocycles. The molecule has 0 aliphatic heterocycles. The van der Waals surface area contributed by atoms with Gasteiger partial charge in [-0.15, -0.1) is 5.10 Å². The van der Waals surface area contributed by atoms with Crippen molar-refractivity contribution in [1.82, 2.24) is 30.0 Å². The molecule has 0 spiro atoms. The number of amides is 1. The first-order valence-corrected chi connectivity index (χ1v) is 7.87. The highest BCUT2D eigenvalue weighted by atomic mass is 32.2. The molecule has 1 aromatic carbocycles. The van der Waals surface area contributed by atoms with E-state index in [-0.39, 0.29) is 5.91 Å². The van der Waals surface area contributed by atoms with Crippen LogP contribution in [0.2, 0.25) is 0 Å². The van der Waals surface area contributed by atoms with E-state index in [0.29, 0.717) is 10.8 Å². The molecule has 2 aromatic heterocycles. The Balaban J connectivity index is 1.78. The molecule has 0 aliphatic carbocycles. The lowest BCUT2D eigenvalue weighted by Gasteiger charge is -2.06. The third-order valence-corrected chi connectivity index (χ3v) is 3.97. The van der Waals surface area contributed by atoms with Gasteiger partial charge >= 0.3 is 0 Å². The third kappa shape index (κ3) is 3.75. The van der Waals surface area contributed by atoms with Gasteiger partial charge in [0.25, 0.3) is 0 Å². The number of hydrogen-bond donors (Lipinski definition) is 1. The van der Waals surface area contributed by atoms with E-state index in [2.05, 4.69) is 25.9 Å². The lowest BCUT2D eigenvalue weighted by molar-refractivity contribution is -0.114. The number of nitrogens with zero attached hydrogens (tertiary/aromatic N) is 6. The fraction of sp³-hybridized carbons (Fsp3) is 0.214. The Kier molecular flexibility index (Phi) is 4.38. The molecular formula is C14H15N7OS. The van der Waals surface area contributed by atoms with Crippen molar-refractivity contribution < 1.29 is 4.79 Å². The Morgan fingerprint density at radius 3 is 3.00 bits per heavy atom. The van der Waals surface area contributed by atoms with Crippen LogP contribution in [-0.2, 0) is 17.6 Å². The van der Waals surface area contributed by atoms with Crippen molar-refractivity contribution in [3.63, 3.8) is 0 Å². The monoisotopic (exact) mass is 329 g/mol. The van der Waals surface area contributed by atoms with Crippen LogP contribution in [0.15, 0.2) is 41.8 Å². The van der Waals surface area contributed by atoms with Gasteiger partial charge in [-0.2, -0.15) is 9.78 Å². The fourth-order valence-electron chi connectivity index (χ4n) is 2.04. The molecule has 0 radical (unpaired) electrons. The van der Waals surface area contributed by atoms with Gasteiger partial charge in [-0.1, -0.05) is 17.8 Å². The topological polar surface area (TPSA) is 90.5 Å². The van der Waals surface area contributed by atoms with Gasteiger partial charge < -0.3 is 5.32 Å². The molecular weight excluding hydrogens is 314 g/mol. The maximum atomic E-state index is 11.2. The maximum absolute atomic E-state index is 11.2. The summed E-state index contributed by atoms with van der Waals surface area (Å²) in [6.45, 7) is 1.47. The summed E-state index contributed by atoms with van der Waals surface area (Å²) in [7, 11) is 1.88. The minimum absolute atomic E-state index is 0.120. The molecule has 0 atom stereocenters. The van der Waals surface area contributed by atoms with Crippen molar-refractivity contribution in [1.29, 1.82) is 0 Å². The number of benzene rings is 1. The molecule has 0 saturated heterocycles. The molecule has 0 saturated carbocycles. The Bertz CT molecular complexity index is 826. The first-order chi connectivity index (χ1) is 11.1. The summed E-state index contributed by atoms with van der Waals surface area (Å²) in [5, 5.41) is 19.4. The highest BCUT2D eigenvalue weighted by Crippen LogP contribution is 2.23. The van der Waals surface area contributed by atoms with Gasteiger partial charge in [0.2, 0.25) is 11.1 Å². The number of thioether (sulfide) groups is 1. The summed E-state index contributed by atoms with van der Waals surface area (Å²) in [5.41, 5.74) is 2.59. The number of nitrogens with one attached hydrogen (secondary N) is 1. The largest absolute Gasteiger partial charge is 0.326 e. The van der Waals surface area contributed by atoms with Crippen molar-refractivity contribution in [3.05, 3.63) is 42.2 Å². The lowest BCUT2D eigenvalue weighted by Crippen LogP contribution is -2.07. The second kappa shape index (κ2) is 6.61. The Morgan fingerprint density at radius 1 is 1.39 bits per heavy atom. The SMILES string of the molecule is CC(=O)Nc1cccc(-n2nnnc2SCc2cnn(C)c2)c1. The predicted molar refractivity (Wildman–Crippen MR) is 86.2 cm³/mol. The van der Waals surface area contributed by atoms with Crippen LogP contribution in [-0.4, -0.2) is 35.9 Å². The van der Waals surface area contributed by atoms with Gasteiger partial charge in [0.15, 0.2) is 0 Å². The van der Waals surface area contributed by atoms with Crippen molar-refractivity contribution in [3.8, 4) is 5.69 Å². The summed E-state index contributed by atoms with van der Waals surface area (Å²) < 4.78 is 3.40. The van der Waals surface area contributed by atoms with Gasteiger partial charge in [-0.3, -0.25) is 9.48 Å². The number of rotatable bonds is 5. The summed E-state index contributed by atoms with van der Waals surface area (Å²) in [6, 6.07) is 7.37. The van der Waals surface area contributed by atoms with Gasteiger partial charge in [-0.25, -0.2) is 0 Å². The van der Waals surface area contributed by atoms with Crippen LogP contribution in [0.4, 0.5) is 5.69 Å². The zero-order valence-corrected chi connectivity index (χ0v) is 13.5. The predicted octanol–water partition coefficient (Wildman–Crippen LogP) is 1.65. The zero-order valence-electron chi connectivity index (χ0n) is 12.7. The van der Waals surface area contributed by atoms with E-state index < -0.39 is 0 Å². The maximum Gasteiger partial charge on any atom is 0.221 e. The number of anilines is 1. The molecule has 8 nitrogen and oxygen atoms in total. The number of aromatic nitrogens is 6. The van der Waals surface area contributed by atoms with Crippen molar-refractivity contribution in [2.24, 2.45) is 7.05 Å².